The van der Waals surface area contributed by atoms with E-state index < -0.39 is 0 Å². The molecule has 4 nitrogen and oxygen atoms in total. The molecule has 0 unspecified atom stereocenters. The van der Waals surface area contributed by atoms with Crippen molar-refractivity contribution in [2.75, 3.05) is 5.32 Å². The Balaban J connectivity index is 2.27. The largest absolute Gasteiger partial charge is 0.324 e. The molecule has 84 valence electrons. The summed E-state index contributed by atoms with van der Waals surface area (Å²) in [6.45, 7) is 1.78. The molecule has 0 radical (unpaired) electrons. The Labute approximate surface area is 97.8 Å². The number of nitrogens with zero attached hydrogens (tertiary/aromatic N) is 3. The van der Waals surface area contributed by atoms with Gasteiger partial charge < -0.3 is 5.32 Å². The van der Waals surface area contributed by atoms with E-state index in [1.807, 2.05) is 6.07 Å². The van der Waals surface area contributed by atoms with Gasteiger partial charge in [-0.25, -0.2) is 14.4 Å². The van der Waals surface area contributed by atoms with Crippen LogP contribution in [0, 0.1) is 24.1 Å². The third-order valence-corrected chi connectivity index (χ3v) is 2.07. The predicted molar refractivity (Wildman–Crippen MR) is 61.2 cm³/mol. The Kier molecular flexibility index (Phi) is 2.97. The first kappa shape index (κ1) is 11.0. The van der Waals surface area contributed by atoms with Gasteiger partial charge in [-0.3, -0.25) is 0 Å². The molecule has 0 fully saturated rings. The van der Waals surface area contributed by atoms with Gasteiger partial charge in [-0.05, 0) is 37.3 Å². The second-order valence-corrected chi connectivity index (χ2v) is 3.46. The van der Waals surface area contributed by atoms with E-state index in [0.29, 0.717) is 23.0 Å². The molecule has 5 heteroatoms. The van der Waals surface area contributed by atoms with E-state index in [1.54, 1.807) is 25.1 Å². The van der Waals surface area contributed by atoms with Gasteiger partial charge >= 0.3 is 0 Å². The highest BCUT2D eigenvalue weighted by atomic mass is 19.1. The zero-order chi connectivity index (χ0) is 12.3. The topological polar surface area (TPSA) is 61.6 Å². The maximum atomic E-state index is 12.7. The molecule has 1 heterocycles. The number of anilines is 2. The lowest BCUT2D eigenvalue weighted by Gasteiger charge is -2.05. The third-order valence-electron chi connectivity index (χ3n) is 2.07. The van der Waals surface area contributed by atoms with E-state index in [1.165, 1.54) is 12.1 Å². The molecule has 0 saturated heterocycles. The highest BCUT2D eigenvalue weighted by Crippen LogP contribution is 2.14. The maximum absolute atomic E-state index is 12.7. The van der Waals surface area contributed by atoms with Crippen LogP contribution in [0.2, 0.25) is 0 Å². The number of rotatable bonds is 2. The van der Waals surface area contributed by atoms with Crippen LogP contribution in [-0.4, -0.2) is 9.97 Å². The van der Waals surface area contributed by atoms with Crippen molar-refractivity contribution in [2.45, 2.75) is 6.92 Å². The van der Waals surface area contributed by atoms with Gasteiger partial charge in [0.15, 0.2) is 0 Å². The van der Waals surface area contributed by atoms with E-state index in [4.69, 9.17) is 5.26 Å². The summed E-state index contributed by atoms with van der Waals surface area (Å²) in [4.78, 5) is 8.13. The molecule has 1 aromatic heterocycles. The summed E-state index contributed by atoms with van der Waals surface area (Å²) in [6.07, 6.45) is 0. The smallest absolute Gasteiger partial charge is 0.228 e. The predicted octanol–water partition coefficient (Wildman–Crippen LogP) is 2.54. The number of aryl methyl sites for hydroxylation is 1. The SMILES string of the molecule is Cc1cc(C#N)nc(Nc2ccc(F)cc2)n1. The van der Waals surface area contributed by atoms with Crippen molar-refractivity contribution in [2.24, 2.45) is 0 Å². The molecule has 0 amide bonds. The quantitative estimate of drug-likeness (QED) is 0.857. The number of benzene rings is 1. The first-order valence-electron chi connectivity index (χ1n) is 4.96. The highest BCUT2D eigenvalue weighted by Gasteiger charge is 2.02. The minimum Gasteiger partial charge on any atom is -0.324 e. The zero-order valence-electron chi connectivity index (χ0n) is 9.11. The molecule has 0 saturated carbocycles. The minimum absolute atomic E-state index is 0.294. The normalized spacial score (nSPS) is 9.71. The maximum Gasteiger partial charge on any atom is 0.228 e. The van der Waals surface area contributed by atoms with Crippen LogP contribution in [0.5, 0.6) is 0 Å². The fraction of sp³-hybridized carbons (Fsp3) is 0.0833. The lowest BCUT2D eigenvalue weighted by Crippen LogP contribution is -2.00. The average Bonchev–Trinajstić information content (AvgIpc) is 2.31. The number of hydrogen-bond acceptors (Lipinski definition) is 4. The zero-order valence-corrected chi connectivity index (χ0v) is 9.11. The van der Waals surface area contributed by atoms with Crippen LogP contribution in [0.15, 0.2) is 30.3 Å². The van der Waals surface area contributed by atoms with Crippen molar-refractivity contribution in [3.05, 3.63) is 47.5 Å². The highest BCUT2D eigenvalue weighted by molar-refractivity contribution is 5.53. The standard InChI is InChI=1S/C12H9FN4/c1-8-6-11(7-14)17-12(15-8)16-10-4-2-9(13)3-5-10/h2-6H,1H3,(H,15,16,17). The van der Waals surface area contributed by atoms with Gasteiger partial charge in [0, 0.05) is 11.4 Å². The summed E-state index contributed by atoms with van der Waals surface area (Å²) in [5, 5.41) is 11.7. The summed E-state index contributed by atoms with van der Waals surface area (Å²) < 4.78 is 12.7. The van der Waals surface area contributed by atoms with Gasteiger partial charge in [-0.2, -0.15) is 5.26 Å². The molecule has 1 aromatic carbocycles. The van der Waals surface area contributed by atoms with Gasteiger partial charge in [0.25, 0.3) is 0 Å². The van der Waals surface area contributed by atoms with Crippen molar-refractivity contribution < 1.29 is 4.39 Å². The van der Waals surface area contributed by atoms with Gasteiger partial charge in [0.1, 0.15) is 17.6 Å². The van der Waals surface area contributed by atoms with Crippen LogP contribution in [0.25, 0.3) is 0 Å². The van der Waals surface area contributed by atoms with Crippen LogP contribution in [0.3, 0.4) is 0 Å². The van der Waals surface area contributed by atoms with Crippen LogP contribution >= 0.6 is 0 Å². The monoisotopic (exact) mass is 228 g/mol. The fourth-order valence-corrected chi connectivity index (χ4v) is 1.34. The number of halogens is 1. The van der Waals surface area contributed by atoms with Crippen molar-refractivity contribution in [3.63, 3.8) is 0 Å². The summed E-state index contributed by atoms with van der Waals surface area (Å²) in [6, 6.07) is 9.37. The second-order valence-electron chi connectivity index (χ2n) is 3.46. The first-order valence-corrected chi connectivity index (χ1v) is 4.96. The molecule has 2 aromatic rings. The lowest BCUT2D eigenvalue weighted by atomic mass is 10.3. The first-order chi connectivity index (χ1) is 8.17. The Morgan fingerprint density at radius 1 is 1.24 bits per heavy atom. The molecule has 0 aliphatic heterocycles. The van der Waals surface area contributed by atoms with Gasteiger partial charge in [-0.15, -0.1) is 0 Å². The molecule has 0 aliphatic rings. The van der Waals surface area contributed by atoms with E-state index in [0.717, 1.165) is 0 Å². The molecule has 1 N–H and O–H groups in total. The number of nitriles is 1. The van der Waals surface area contributed by atoms with E-state index >= 15 is 0 Å². The number of hydrogen-bond donors (Lipinski definition) is 1. The Bertz CT molecular complexity index is 572. The Hall–Kier alpha value is -2.48. The van der Waals surface area contributed by atoms with Gasteiger partial charge in [0.2, 0.25) is 5.95 Å². The second kappa shape index (κ2) is 4.58. The van der Waals surface area contributed by atoms with Crippen LogP contribution in [-0.2, 0) is 0 Å². The van der Waals surface area contributed by atoms with Crippen LogP contribution < -0.4 is 5.32 Å². The molecular formula is C12H9FN4. The van der Waals surface area contributed by atoms with Gasteiger partial charge in [-0.1, -0.05) is 0 Å². The molecule has 17 heavy (non-hydrogen) atoms. The van der Waals surface area contributed by atoms with Crippen molar-refractivity contribution in [3.8, 4) is 6.07 Å². The third kappa shape index (κ3) is 2.75. The van der Waals surface area contributed by atoms with Gasteiger partial charge in [0.05, 0.1) is 0 Å². The van der Waals surface area contributed by atoms with E-state index in [2.05, 4.69) is 15.3 Å². The van der Waals surface area contributed by atoms with E-state index in [-0.39, 0.29) is 5.82 Å². The molecule has 0 atom stereocenters. The van der Waals surface area contributed by atoms with E-state index in [9.17, 15) is 4.39 Å². The average molecular weight is 228 g/mol. The molecule has 0 spiro atoms. The number of aromatic nitrogens is 2. The number of nitrogens with one attached hydrogen (secondary N) is 1. The van der Waals surface area contributed by atoms with Crippen molar-refractivity contribution in [1.82, 2.24) is 9.97 Å². The summed E-state index contributed by atoms with van der Waals surface area (Å²) in [7, 11) is 0. The van der Waals surface area contributed by atoms with Crippen LogP contribution in [0.1, 0.15) is 11.4 Å². The van der Waals surface area contributed by atoms with Crippen LogP contribution in [0.4, 0.5) is 16.0 Å². The van der Waals surface area contributed by atoms with Crippen molar-refractivity contribution >= 4 is 11.6 Å². The minimum atomic E-state index is -0.307. The Morgan fingerprint density at radius 3 is 2.59 bits per heavy atom. The molecule has 0 bridgehead atoms. The summed E-state index contributed by atoms with van der Waals surface area (Å²) in [5.41, 5.74) is 1.66. The Morgan fingerprint density at radius 2 is 1.94 bits per heavy atom. The van der Waals surface area contributed by atoms with Crippen molar-refractivity contribution in [1.29, 1.82) is 5.26 Å². The lowest BCUT2D eigenvalue weighted by molar-refractivity contribution is 0.628. The molecule has 0 aliphatic carbocycles. The summed E-state index contributed by atoms with van der Waals surface area (Å²) >= 11 is 0. The fourth-order valence-electron chi connectivity index (χ4n) is 1.34. The summed E-state index contributed by atoms with van der Waals surface area (Å²) in [5.74, 6) is 0.0200. The molecular weight excluding hydrogens is 219 g/mol. The molecule has 2 rings (SSSR count).